The first-order valence-corrected chi connectivity index (χ1v) is 5.99. The molecular weight excluding hydrogens is 212 g/mol. The number of aromatic nitrogens is 1. The summed E-state index contributed by atoms with van der Waals surface area (Å²) in [5.74, 6) is 0.989. The molecule has 2 aromatic rings. The molecule has 0 aliphatic heterocycles. The second-order valence-electron chi connectivity index (χ2n) is 4.88. The summed E-state index contributed by atoms with van der Waals surface area (Å²) in [7, 11) is 0. The molecule has 3 rings (SSSR count). The number of aryl methyl sites for hydroxylation is 2. The molecule has 0 saturated heterocycles. The van der Waals surface area contributed by atoms with Gasteiger partial charge >= 0.3 is 0 Å². The van der Waals surface area contributed by atoms with Crippen molar-refractivity contribution in [3.63, 3.8) is 0 Å². The van der Waals surface area contributed by atoms with E-state index >= 15 is 0 Å². The maximum atomic E-state index is 5.90. The summed E-state index contributed by atoms with van der Waals surface area (Å²) in [4.78, 5) is 0. The van der Waals surface area contributed by atoms with E-state index in [0.717, 1.165) is 16.8 Å². The van der Waals surface area contributed by atoms with Crippen LogP contribution < -0.4 is 5.73 Å². The number of rotatable bonds is 2. The average molecular weight is 228 g/mol. The maximum absolute atomic E-state index is 5.90. The molecule has 1 aromatic carbocycles. The Morgan fingerprint density at radius 2 is 2.00 bits per heavy atom. The molecule has 3 nitrogen and oxygen atoms in total. The molecule has 3 heteroatoms. The lowest BCUT2D eigenvalue weighted by Gasteiger charge is -2.05. The largest absolute Gasteiger partial charge is 0.367 e. The lowest BCUT2D eigenvalue weighted by molar-refractivity contribution is 0.428. The van der Waals surface area contributed by atoms with Gasteiger partial charge in [0.05, 0.1) is 11.3 Å². The summed E-state index contributed by atoms with van der Waals surface area (Å²) in [6.07, 6.45) is 2.40. The van der Waals surface area contributed by atoms with Crippen LogP contribution in [0.2, 0.25) is 0 Å². The van der Waals surface area contributed by atoms with E-state index in [1.165, 1.54) is 24.0 Å². The molecular formula is C14H16N2O. The van der Waals surface area contributed by atoms with Gasteiger partial charge in [-0.15, -0.1) is 0 Å². The van der Waals surface area contributed by atoms with Gasteiger partial charge in [0.15, 0.2) is 0 Å². The SMILES string of the molecule is Cc1ccc(-c2c(C3CC3)noc2N)cc1C. The van der Waals surface area contributed by atoms with E-state index in [-0.39, 0.29) is 0 Å². The van der Waals surface area contributed by atoms with Gasteiger partial charge in [0.25, 0.3) is 0 Å². The van der Waals surface area contributed by atoms with Crippen LogP contribution in [0.3, 0.4) is 0 Å². The molecule has 1 aromatic heterocycles. The maximum Gasteiger partial charge on any atom is 0.230 e. The van der Waals surface area contributed by atoms with Crippen molar-refractivity contribution in [1.82, 2.24) is 5.16 Å². The van der Waals surface area contributed by atoms with Crippen molar-refractivity contribution in [3.8, 4) is 11.1 Å². The number of nitrogen functional groups attached to an aromatic ring is 1. The van der Waals surface area contributed by atoms with Crippen molar-refractivity contribution in [1.29, 1.82) is 0 Å². The molecule has 1 aliphatic carbocycles. The Balaban J connectivity index is 2.13. The topological polar surface area (TPSA) is 52.0 Å². The van der Waals surface area contributed by atoms with Crippen molar-refractivity contribution in [2.24, 2.45) is 0 Å². The number of nitrogens with zero attached hydrogens (tertiary/aromatic N) is 1. The van der Waals surface area contributed by atoms with Crippen LogP contribution in [0.25, 0.3) is 11.1 Å². The molecule has 1 fully saturated rings. The standard InChI is InChI=1S/C14H16N2O/c1-8-3-4-11(7-9(8)2)12-13(10-5-6-10)16-17-14(12)15/h3-4,7,10H,5-6,15H2,1-2H3. The third-order valence-corrected chi connectivity index (χ3v) is 3.50. The smallest absolute Gasteiger partial charge is 0.230 e. The van der Waals surface area contributed by atoms with Crippen LogP contribution in [-0.4, -0.2) is 5.16 Å². The van der Waals surface area contributed by atoms with Gasteiger partial charge in [-0.3, -0.25) is 0 Å². The number of nitrogens with two attached hydrogens (primary N) is 1. The molecule has 88 valence electrons. The Kier molecular flexibility index (Phi) is 2.21. The van der Waals surface area contributed by atoms with E-state index in [9.17, 15) is 0 Å². The second kappa shape index (κ2) is 3.62. The highest BCUT2D eigenvalue weighted by Crippen LogP contribution is 2.45. The quantitative estimate of drug-likeness (QED) is 0.856. The zero-order valence-electron chi connectivity index (χ0n) is 10.2. The normalized spacial score (nSPS) is 15.2. The van der Waals surface area contributed by atoms with Gasteiger partial charge in [-0.1, -0.05) is 23.4 Å². The molecule has 1 aliphatic rings. The third kappa shape index (κ3) is 1.71. The third-order valence-electron chi connectivity index (χ3n) is 3.50. The van der Waals surface area contributed by atoms with E-state index in [4.69, 9.17) is 10.3 Å². The average Bonchev–Trinajstić information content (AvgIpc) is 3.07. The van der Waals surface area contributed by atoms with Gasteiger partial charge < -0.3 is 10.3 Å². The summed E-state index contributed by atoms with van der Waals surface area (Å²) in [5.41, 5.74) is 11.6. The minimum Gasteiger partial charge on any atom is -0.367 e. The summed E-state index contributed by atoms with van der Waals surface area (Å²) in [5, 5.41) is 4.11. The molecule has 1 saturated carbocycles. The van der Waals surface area contributed by atoms with Gasteiger partial charge in [0, 0.05) is 5.92 Å². The molecule has 2 N–H and O–H groups in total. The highest BCUT2D eigenvalue weighted by Gasteiger charge is 2.31. The fraction of sp³-hybridized carbons (Fsp3) is 0.357. The van der Waals surface area contributed by atoms with Gasteiger partial charge in [0.1, 0.15) is 0 Å². The molecule has 0 amide bonds. The number of benzene rings is 1. The van der Waals surface area contributed by atoms with Gasteiger partial charge in [-0.05, 0) is 43.4 Å². The predicted molar refractivity (Wildman–Crippen MR) is 67.8 cm³/mol. The van der Waals surface area contributed by atoms with Crippen LogP contribution in [-0.2, 0) is 0 Å². The van der Waals surface area contributed by atoms with E-state index < -0.39 is 0 Å². The molecule has 1 heterocycles. The fourth-order valence-electron chi connectivity index (χ4n) is 2.14. The van der Waals surface area contributed by atoms with Crippen molar-refractivity contribution >= 4 is 5.88 Å². The Labute approximate surface area is 101 Å². The highest BCUT2D eigenvalue weighted by atomic mass is 16.5. The van der Waals surface area contributed by atoms with Crippen LogP contribution in [0.15, 0.2) is 22.7 Å². The lowest BCUT2D eigenvalue weighted by Crippen LogP contribution is -1.90. The monoisotopic (exact) mass is 228 g/mol. The molecule has 0 radical (unpaired) electrons. The second-order valence-corrected chi connectivity index (χ2v) is 4.88. The van der Waals surface area contributed by atoms with Gasteiger partial charge in [-0.2, -0.15) is 0 Å². The molecule has 0 bridgehead atoms. The predicted octanol–water partition coefficient (Wildman–Crippen LogP) is 3.42. The summed E-state index contributed by atoms with van der Waals surface area (Å²) in [6.45, 7) is 4.22. The number of hydrogen-bond acceptors (Lipinski definition) is 3. The molecule has 0 unspecified atom stereocenters. The van der Waals surface area contributed by atoms with Crippen LogP contribution in [0.4, 0.5) is 5.88 Å². The zero-order chi connectivity index (χ0) is 12.0. The van der Waals surface area contributed by atoms with Gasteiger partial charge in [0.2, 0.25) is 5.88 Å². The number of hydrogen-bond donors (Lipinski definition) is 1. The Hall–Kier alpha value is -1.77. The zero-order valence-corrected chi connectivity index (χ0v) is 10.2. The first-order chi connectivity index (χ1) is 8.16. The van der Waals surface area contributed by atoms with Crippen LogP contribution in [0.5, 0.6) is 0 Å². The summed E-state index contributed by atoms with van der Waals surface area (Å²) >= 11 is 0. The van der Waals surface area contributed by atoms with Gasteiger partial charge in [-0.25, -0.2) is 0 Å². The Morgan fingerprint density at radius 1 is 1.24 bits per heavy atom. The molecule has 0 atom stereocenters. The Bertz CT molecular complexity index is 568. The van der Waals surface area contributed by atoms with Crippen molar-refractivity contribution in [2.45, 2.75) is 32.6 Å². The van der Waals surface area contributed by atoms with E-state index in [1.54, 1.807) is 0 Å². The summed E-state index contributed by atoms with van der Waals surface area (Å²) < 4.78 is 5.15. The van der Waals surface area contributed by atoms with Crippen LogP contribution in [0.1, 0.15) is 35.6 Å². The minimum absolute atomic E-state index is 0.440. The first kappa shape index (κ1) is 10.4. The van der Waals surface area contributed by atoms with Crippen LogP contribution >= 0.6 is 0 Å². The van der Waals surface area contributed by atoms with E-state index in [2.05, 4.69) is 37.2 Å². The van der Waals surface area contributed by atoms with Crippen LogP contribution in [0, 0.1) is 13.8 Å². The Morgan fingerprint density at radius 3 is 2.65 bits per heavy atom. The van der Waals surface area contributed by atoms with Crippen molar-refractivity contribution in [2.75, 3.05) is 5.73 Å². The first-order valence-electron chi connectivity index (χ1n) is 5.99. The fourth-order valence-corrected chi connectivity index (χ4v) is 2.14. The van der Waals surface area contributed by atoms with E-state index in [0.29, 0.717) is 11.8 Å². The molecule has 17 heavy (non-hydrogen) atoms. The minimum atomic E-state index is 0.440. The lowest BCUT2D eigenvalue weighted by atomic mass is 9.99. The highest BCUT2D eigenvalue weighted by molar-refractivity contribution is 5.76. The number of anilines is 1. The van der Waals surface area contributed by atoms with Crippen molar-refractivity contribution < 1.29 is 4.52 Å². The van der Waals surface area contributed by atoms with E-state index in [1.807, 2.05) is 0 Å². The summed E-state index contributed by atoms with van der Waals surface area (Å²) in [6, 6.07) is 6.37. The van der Waals surface area contributed by atoms with Crippen molar-refractivity contribution in [3.05, 3.63) is 35.0 Å². The molecule has 0 spiro atoms.